The van der Waals surface area contributed by atoms with Gasteiger partial charge in [0, 0.05) is 6.54 Å². The van der Waals surface area contributed by atoms with E-state index in [1.807, 2.05) is 67.6 Å². The minimum Gasteiger partial charge on any atom is -0.304 e. The van der Waals surface area contributed by atoms with Crippen LogP contribution in [-0.4, -0.2) is 12.7 Å². The van der Waals surface area contributed by atoms with E-state index in [1.54, 1.807) is 0 Å². The molecule has 116 valence electrons. The Bertz CT molecular complexity index is 647. The minimum atomic E-state index is -3.21. The SMILES string of the molecule is C[C@@H]1CO[P@](=O)([C@H](NCc2ccccc2)c2ccccc2)O1. The summed E-state index contributed by atoms with van der Waals surface area (Å²) in [6.45, 7) is 2.85. The van der Waals surface area contributed by atoms with Gasteiger partial charge in [-0.1, -0.05) is 60.7 Å². The number of hydrogen-bond acceptors (Lipinski definition) is 4. The Kier molecular flexibility index (Phi) is 4.74. The topological polar surface area (TPSA) is 47.6 Å². The van der Waals surface area contributed by atoms with Crippen LogP contribution in [0.3, 0.4) is 0 Å². The van der Waals surface area contributed by atoms with Gasteiger partial charge in [-0.05, 0) is 18.1 Å². The van der Waals surface area contributed by atoms with Crippen LogP contribution in [0.2, 0.25) is 0 Å². The lowest BCUT2D eigenvalue weighted by molar-refractivity contribution is 0.253. The zero-order valence-corrected chi connectivity index (χ0v) is 13.4. The zero-order chi connectivity index (χ0) is 15.4. The van der Waals surface area contributed by atoms with Crippen LogP contribution in [0.1, 0.15) is 23.8 Å². The molecule has 1 aliphatic heterocycles. The van der Waals surface area contributed by atoms with Gasteiger partial charge >= 0.3 is 7.60 Å². The van der Waals surface area contributed by atoms with E-state index in [9.17, 15) is 4.57 Å². The van der Waals surface area contributed by atoms with Crippen molar-refractivity contribution in [1.82, 2.24) is 5.32 Å². The summed E-state index contributed by atoms with van der Waals surface area (Å²) in [5.74, 6) is -0.459. The Morgan fingerprint density at radius 1 is 1.14 bits per heavy atom. The second-order valence-corrected chi connectivity index (χ2v) is 7.50. The lowest BCUT2D eigenvalue weighted by Crippen LogP contribution is -2.21. The number of hydrogen-bond donors (Lipinski definition) is 1. The van der Waals surface area contributed by atoms with Crippen molar-refractivity contribution in [1.29, 1.82) is 0 Å². The first-order valence-corrected chi connectivity index (χ1v) is 9.03. The quantitative estimate of drug-likeness (QED) is 0.843. The first kappa shape index (κ1) is 15.4. The number of rotatable bonds is 5. The Morgan fingerprint density at radius 2 is 1.77 bits per heavy atom. The van der Waals surface area contributed by atoms with Crippen LogP contribution in [0, 0.1) is 0 Å². The molecule has 1 fully saturated rings. The maximum absolute atomic E-state index is 13.0. The lowest BCUT2D eigenvalue weighted by Gasteiger charge is -2.24. The van der Waals surface area contributed by atoms with Gasteiger partial charge in [-0.15, -0.1) is 0 Å². The minimum absolute atomic E-state index is 0.143. The van der Waals surface area contributed by atoms with Gasteiger partial charge in [0.2, 0.25) is 0 Å². The molecular weight excluding hydrogens is 297 g/mol. The van der Waals surface area contributed by atoms with Crippen LogP contribution in [0.15, 0.2) is 60.7 Å². The molecule has 5 heteroatoms. The first-order chi connectivity index (χ1) is 10.7. The summed E-state index contributed by atoms with van der Waals surface area (Å²) in [5, 5.41) is 3.34. The molecule has 1 N–H and O–H groups in total. The Labute approximate surface area is 131 Å². The summed E-state index contributed by atoms with van der Waals surface area (Å²) in [6, 6.07) is 19.7. The standard InChI is InChI=1S/C17H20NO3P/c1-14-13-20-22(19,21-14)17(16-10-6-3-7-11-16)18-12-15-8-4-2-5-9-15/h2-11,14,17-18H,12-13H2,1H3/t14-,17+,22-/m1/s1. The molecule has 0 amide bonds. The van der Waals surface area contributed by atoms with Gasteiger partial charge in [-0.2, -0.15) is 0 Å². The van der Waals surface area contributed by atoms with E-state index in [-0.39, 0.29) is 6.10 Å². The molecule has 2 aromatic rings. The van der Waals surface area contributed by atoms with Crippen molar-refractivity contribution in [3.05, 3.63) is 71.8 Å². The van der Waals surface area contributed by atoms with Crippen LogP contribution in [0.4, 0.5) is 0 Å². The van der Waals surface area contributed by atoms with Crippen molar-refractivity contribution in [2.75, 3.05) is 6.61 Å². The fourth-order valence-electron chi connectivity index (χ4n) is 2.51. The molecule has 2 aromatic carbocycles. The van der Waals surface area contributed by atoms with E-state index in [0.29, 0.717) is 13.2 Å². The largest absolute Gasteiger partial charge is 0.352 e. The fourth-order valence-corrected chi connectivity index (χ4v) is 4.68. The third-order valence-electron chi connectivity index (χ3n) is 3.59. The van der Waals surface area contributed by atoms with Crippen molar-refractivity contribution in [3.8, 4) is 0 Å². The van der Waals surface area contributed by atoms with E-state index in [2.05, 4.69) is 5.32 Å². The van der Waals surface area contributed by atoms with Crippen molar-refractivity contribution < 1.29 is 13.6 Å². The summed E-state index contributed by atoms with van der Waals surface area (Å²) in [6.07, 6.45) is -0.143. The molecule has 3 atom stereocenters. The third-order valence-corrected chi connectivity index (χ3v) is 5.87. The fraction of sp³-hybridized carbons (Fsp3) is 0.294. The predicted octanol–water partition coefficient (Wildman–Crippen LogP) is 4.10. The second-order valence-electron chi connectivity index (χ2n) is 5.43. The summed E-state index contributed by atoms with van der Waals surface area (Å²) in [5.41, 5.74) is 2.04. The molecule has 1 heterocycles. The average molecular weight is 317 g/mol. The molecule has 1 saturated heterocycles. The zero-order valence-electron chi connectivity index (χ0n) is 12.5. The summed E-state index contributed by atoms with van der Waals surface area (Å²) >= 11 is 0. The molecule has 0 aliphatic carbocycles. The molecule has 0 saturated carbocycles. The van der Waals surface area contributed by atoms with Crippen LogP contribution in [-0.2, 0) is 20.2 Å². The number of benzene rings is 2. The van der Waals surface area contributed by atoms with Crippen molar-refractivity contribution in [2.24, 2.45) is 0 Å². The molecule has 0 unspecified atom stereocenters. The normalized spacial score (nSPS) is 26.0. The Hall–Kier alpha value is -1.45. The highest BCUT2D eigenvalue weighted by atomic mass is 31.2. The lowest BCUT2D eigenvalue weighted by atomic mass is 10.2. The average Bonchev–Trinajstić information content (AvgIpc) is 2.89. The van der Waals surface area contributed by atoms with E-state index >= 15 is 0 Å². The van der Waals surface area contributed by atoms with Gasteiger partial charge in [0.15, 0.2) is 0 Å². The van der Waals surface area contributed by atoms with Crippen LogP contribution >= 0.6 is 7.60 Å². The van der Waals surface area contributed by atoms with E-state index in [1.165, 1.54) is 0 Å². The summed E-state index contributed by atoms with van der Waals surface area (Å²) in [4.78, 5) is 0. The summed E-state index contributed by atoms with van der Waals surface area (Å²) < 4.78 is 24.2. The molecule has 0 aromatic heterocycles. The predicted molar refractivity (Wildman–Crippen MR) is 86.6 cm³/mol. The van der Waals surface area contributed by atoms with Crippen molar-refractivity contribution in [3.63, 3.8) is 0 Å². The van der Waals surface area contributed by atoms with Gasteiger partial charge in [-0.25, -0.2) is 0 Å². The van der Waals surface area contributed by atoms with E-state index in [0.717, 1.165) is 11.1 Å². The Balaban J connectivity index is 1.82. The van der Waals surface area contributed by atoms with E-state index in [4.69, 9.17) is 9.05 Å². The van der Waals surface area contributed by atoms with Gasteiger partial charge in [0.05, 0.1) is 12.7 Å². The molecule has 3 rings (SSSR count). The van der Waals surface area contributed by atoms with Gasteiger partial charge in [0.25, 0.3) is 0 Å². The smallest absolute Gasteiger partial charge is 0.304 e. The van der Waals surface area contributed by atoms with Crippen LogP contribution in [0.25, 0.3) is 0 Å². The second kappa shape index (κ2) is 6.76. The molecule has 0 spiro atoms. The molecule has 4 nitrogen and oxygen atoms in total. The first-order valence-electron chi connectivity index (χ1n) is 7.42. The molecular formula is C17H20NO3P. The van der Waals surface area contributed by atoms with Crippen LogP contribution in [0.5, 0.6) is 0 Å². The molecule has 0 bridgehead atoms. The van der Waals surface area contributed by atoms with Gasteiger partial charge in [0.1, 0.15) is 5.78 Å². The van der Waals surface area contributed by atoms with Crippen LogP contribution < -0.4 is 5.32 Å². The molecule has 22 heavy (non-hydrogen) atoms. The maximum Gasteiger partial charge on any atom is 0.352 e. The highest BCUT2D eigenvalue weighted by Gasteiger charge is 2.43. The number of nitrogens with one attached hydrogen (secondary N) is 1. The highest BCUT2D eigenvalue weighted by Crippen LogP contribution is 2.63. The summed E-state index contributed by atoms with van der Waals surface area (Å²) in [7, 11) is -3.21. The molecule has 1 aliphatic rings. The van der Waals surface area contributed by atoms with Gasteiger partial charge in [-0.3, -0.25) is 9.88 Å². The third kappa shape index (κ3) is 3.47. The van der Waals surface area contributed by atoms with Gasteiger partial charge < -0.3 is 9.05 Å². The monoisotopic (exact) mass is 317 g/mol. The van der Waals surface area contributed by atoms with Crippen molar-refractivity contribution in [2.45, 2.75) is 25.4 Å². The van der Waals surface area contributed by atoms with Crippen molar-refractivity contribution >= 4 is 7.60 Å². The Morgan fingerprint density at radius 3 is 2.36 bits per heavy atom. The molecule has 0 radical (unpaired) electrons. The highest BCUT2D eigenvalue weighted by molar-refractivity contribution is 7.54. The maximum atomic E-state index is 13.0. The van der Waals surface area contributed by atoms with E-state index < -0.39 is 13.4 Å².